The number of halogens is 1. The van der Waals surface area contributed by atoms with Gasteiger partial charge in [0, 0.05) is 15.3 Å². The molecule has 0 nitrogen and oxygen atoms in total. The van der Waals surface area contributed by atoms with Crippen molar-refractivity contribution in [3.05, 3.63) is 34.3 Å². The van der Waals surface area contributed by atoms with Crippen molar-refractivity contribution in [3.8, 4) is 0 Å². The van der Waals surface area contributed by atoms with Gasteiger partial charge in [0.1, 0.15) is 0 Å². The highest BCUT2D eigenvalue weighted by Crippen LogP contribution is 2.16. The van der Waals surface area contributed by atoms with Crippen LogP contribution >= 0.6 is 11.6 Å². The zero-order valence-electron chi connectivity index (χ0n) is 8.32. The van der Waals surface area contributed by atoms with E-state index in [1.54, 1.807) is 0 Å². The third kappa shape index (κ3) is 3.93. The summed E-state index contributed by atoms with van der Waals surface area (Å²) in [5.74, 6) is 0. The molecular weight excluding hydrogens is 184 g/mol. The molecule has 0 spiro atoms. The number of hydrogen-bond donors (Lipinski definition) is 0. The lowest BCUT2D eigenvalue weighted by Crippen LogP contribution is -1.78. The molecular formula is C10H17ClSi. The first-order valence-electron chi connectivity index (χ1n) is 4.35. The van der Waals surface area contributed by atoms with E-state index in [1.807, 2.05) is 19.1 Å². The maximum absolute atomic E-state index is 5.81. The maximum Gasteiger partial charge on any atom is 0.0437 e. The van der Waals surface area contributed by atoms with Gasteiger partial charge in [-0.15, -0.1) is 0 Å². The van der Waals surface area contributed by atoms with Gasteiger partial charge >= 0.3 is 0 Å². The Bertz CT molecular complexity index is 213. The lowest BCUT2D eigenvalue weighted by atomic mass is 10.1. The minimum atomic E-state index is 0.856. The van der Waals surface area contributed by atoms with Crippen LogP contribution in [-0.2, 0) is 0 Å². The third-order valence-corrected chi connectivity index (χ3v) is 1.95. The van der Waals surface area contributed by atoms with Gasteiger partial charge in [-0.25, -0.2) is 0 Å². The monoisotopic (exact) mass is 200 g/mol. The minimum absolute atomic E-state index is 0.856. The van der Waals surface area contributed by atoms with Crippen LogP contribution in [0.25, 0.3) is 0 Å². The van der Waals surface area contributed by atoms with Crippen LogP contribution in [0.1, 0.15) is 18.1 Å². The highest BCUT2D eigenvalue weighted by molar-refractivity contribution is 6.31. The molecule has 1 aromatic carbocycles. The van der Waals surface area contributed by atoms with E-state index in [2.05, 4.69) is 19.9 Å². The SMILES string of the molecule is CC[SiH3].Cc1cccc(Cl)c1C. The first kappa shape index (κ1) is 11.7. The van der Waals surface area contributed by atoms with E-state index in [0.29, 0.717) is 0 Å². The van der Waals surface area contributed by atoms with Crippen LogP contribution in [0.5, 0.6) is 0 Å². The molecule has 12 heavy (non-hydrogen) atoms. The standard InChI is InChI=1S/C8H9Cl.C2H8Si/c1-6-4-3-5-8(9)7(6)2;1-2-3/h3-5H,1-2H3;2H2,1,3H3. The van der Waals surface area contributed by atoms with E-state index in [0.717, 1.165) is 5.02 Å². The highest BCUT2D eigenvalue weighted by atomic mass is 35.5. The molecule has 0 bridgehead atoms. The fraction of sp³-hybridized carbons (Fsp3) is 0.400. The highest BCUT2D eigenvalue weighted by Gasteiger charge is 1.93. The topological polar surface area (TPSA) is 0 Å². The fourth-order valence-electron chi connectivity index (χ4n) is 0.715. The second-order valence-electron chi connectivity index (χ2n) is 2.89. The van der Waals surface area contributed by atoms with Crippen molar-refractivity contribution >= 4 is 21.8 Å². The molecule has 2 heteroatoms. The van der Waals surface area contributed by atoms with Crippen LogP contribution in [-0.4, -0.2) is 10.2 Å². The lowest BCUT2D eigenvalue weighted by molar-refractivity contribution is 1.34. The Morgan fingerprint density at radius 1 is 1.33 bits per heavy atom. The first-order valence-corrected chi connectivity index (χ1v) is 6.14. The van der Waals surface area contributed by atoms with Gasteiger partial charge in [-0.05, 0) is 31.0 Å². The molecule has 1 aromatic rings. The maximum atomic E-state index is 5.81. The van der Waals surface area contributed by atoms with Crippen molar-refractivity contribution in [2.75, 3.05) is 0 Å². The normalized spacial score (nSPS) is 9.00. The Kier molecular flexibility index (Phi) is 6.12. The summed E-state index contributed by atoms with van der Waals surface area (Å²) < 4.78 is 0. The molecule has 0 aliphatic heterocycles. The Morgan fingerprint density at radius 3 is 2.17 bits per heavy atom. The van der Waals surface area contributed by atoms with Crippen molar-refractivity contribution in [2.45, 2.75) is 26.8 Å². The van der Waals surface area contributed by atoms with Gasteiger partial charge in [0.2, 0.25) is 0 Å². The molecule has 0 saturated carbocycles. The van der Waals surface area contributed by atoms with E-state index in [-0.39, 0.29) is 0 Å². The van der Waals surface area contributed by atoms with Crippen molar-refractivity contribution < 1.29 is 0 Å². The van der Waals surface area contributed by atoms with E-state index >= 15 is 0 Å². The quantitative estimate of drug-likeness (QED) is 0.565. The molecule has 0 fully saturated rings. The van der Waals surface area contributed by atoms with Crippen molar-refractivity contribution in [3.63, 3.8) is 0 Å². The van der Waals surface area contributed by atoms with Crippen LogP contribution < -0.4 is 0 Å². The number of aryl methyl sites for hydroxylation is 1. The molecule has 0 aliphatic rings. The smallest absolute Gasteiger partial charge is 0.0437 e. The largest absolute Gasteiger partial charge is 0.0840 e. The molecule has 0 aliphatic carbocycles. The molecule has 0 N–H and O–H groups in total. The zero-order chi connectivity index (χ0) is 9.56. The summed E-state index contributed by atoms with van der Waals surface area (Å²) in [6.07, 6.45) is 0. The zero-order valence-corrected chi connectivity index (χ0v) is 11.1. The molecule has 0 atom stereocenters. The van der Waals surface area contributed by atoms with Crippen molar-refractivity contribution in [2.24, 2.45) is 0 Å². The van der Waals surface area contributed by atoms with Gasteiger partial charge in [-0.2, -0.15) is 0 Å². The summed E-state index contributed by atoms with van der Waals surface area (Å²) in [5.41, 5.74) is 2.43. The van der Waals surface area contributed by atoms with Gasteiger partial charge in [0.25, 0.3) is 0 Å². The average molecular weight is 201 g/mol. The minimum Gasteiger partial charge on any atom is -0.0840 e. The van der Waals surface area contributed by atoms with Gasteiger partial charge in [-0.3, -0.25) is 0 Å². The number of rotatable bonds is 0. The van der Waals surface area contributed by atoms with Gasteiger partial charge in [0.15, 0.2) is 0 Å². The second kappa shape index (κ2) is 6.27. The van der Waals surface area contributed by atoms with E-state index in [1.165, 1.54) is 27.4 Å². The van der Waals surface area contributed by atoms with E-state index < -0.39 is 0 Å². The molecule has 1 rings (SSSR count). The van der Waals surface area contributed by atoms with Crippen LogP contribution in [0.15, 0.2) is 18.2 Å². The number of benzene rings is 1. The summed E-state index contributed by atoms with van der Waals surface area (Å²) >= 11 is 5.81. The summed E-state index contributed by atoms with van der Waals surface area (Å²) in [7, 11) is 1.37. The summed E-state index contributed by atoms with van der Waals surface area (Å²) in [5, 5.41) is 0.856. The molecule has 0 aromatic heterocycles. The predicted octanol–water partition coefficient (Wildman–Crippen LogP) is 2.75. The van der Waals surface area contributed by atoms with Gasteiger partial charge < -0.3 is 0 Å². The average Bonchev–Trinajstić information content (AvgIpc) is 2.02. The lowest BCUT2D eigenvalue weighted by Gasteiger charge is -1.98. The third-order valence-electron chi connectivity index (χ3n) is 1.54. The second-order valence-corrected chi connectivity index (χ2v) is 4.71. The van der Waals surface area contributed by atoms with E-state index in [4.69, 9.17) is 11.6 Å². The predicted molar refractivity (Wildman–Crippen MR) is 61.3 cm³/mol. The summed E-state index contributed by atoms with van der Waals surface area (Å²) in [6.45, 7) is 6.27. The molecule has 0 amide bonds. The Hall–Kier alpha value is -0.273. The van der Waals surface area contributed by atoms with Crippen molar-refractivity contribution in [1.29, 1.82) is 0 Å². The van der Waals surface area contributed by atoms with Crippen LogP contribution in [0.4, 0.5) is 0 Å². The Labute approximate surface area is 83.4 Å². The Morgan fingerprint density at radius 2 is 1.83 bits per heavy atom. The molecule has 68 valence electrons. The fourth-order valence-corrected chi connectivity index (χ4v) is 0.937. The first-order chi connectivity index (χ1) is 5.63. The molecule has 0 unspecified atom stereocenters. The number of hydrogen-bond acceptors (Lipinski definition) is 0. The van der Waals surface area contributed by atoms with E-state index in [9.17, 15) is 0 Å². The van der Waals surface area contributed by atoms with Crippen LogP contribution in [0, 0.1) is 13.8 Å². The molecule has 0 radical (unpaired) electrons. The van der Waals surface area contributed by atoms with Crippen LogP contribution in [0.3, 0.4) is 0 Å². The molecule has 0 heterocycles. The van der Waals surface area contributed by atoms with Gasteiger partial charge in [0.05, 0.1) is 0 Å². The van der Waals surface area contributed by atoms with Gasteiger partial charge in [-0.1, -0.05) is 36.7 Å². The Balaban J connectivity index is 0.000000354. The van der Waals surface area contributed by atoms with Crippen LogP contribution in [0.2, 0.25) is 11.1 Å². The summed E-state index contributed by atoms with van der Waals surface area (Å²) in [4.78, 5) is 0. The van der Waals surface area contributed by atoms with Crippen molar-refractivity contribution in [1.82, 2.24) is 0 Å². The molecule has 0 saturated heterocycles. The summed E-state index contributed by atoms with van der Waals surface area (Å²) in [6, 6.07) is 7.32.